The van der Waals surface area contributed by atoms with E-state index in [9.17, 15) is 9.59 Å². The summed E-state index contributed by atoms with van der Waals surface area (Å²) in [5.41, 5.74) is 2.39. The number of anilines is 1. The predicted octanol–water partition coefficient (Wildman–Crippen LogP) is 3.05. The highest BCUT2D eigenvalue weighted by Gasteiger charge is 2.18. The van der Waals surface area contributed by atoms with Crippen LogP contribution in [0.5, 0.6) is 11.5 Å². The molecule has 1 N–H and O–H groups in total. The second-order valence-electron chi connectivity index (χ2n) is 6.00. The second kappa shape index (κ2) is 7.66. The molecular formula is C19H19ClN2O4. The van der Waals surface area contributed by atoms with Gasteiger partial charge in [-0.25, -0.2) is 0 Å². The number of benzene rings is 2. The number of nitrogens with zero attached hydrogens (tertiary/aromatic N) is 1. The summed E-state index contributed by atoms with van der Waals surface area (Å²) >= 11 is 5.96. The van der Waals surface area contributed by atoms with Crippen LogP contribution in [0.2, 0.25) is 5.02 Å². The largest absolute Gasteiger partial charge is 0.454 e. The van der Waals surface area contributed by atoms with Gasteiger partial charge in [0.25, 0.3) is 0 Å². The maximum absolute atomic E-state index is 12.3. The highest BCUT2D eigenvalue weighted by Crippen LogP contribution is 2.32. The number of carbonyl (C=O) groups is 2. The molecule has 1 aliphatic rings. The lowest BCUT2D eigenvalue weighted by Crippen LogP contribution is -2.40. The molecule has 0 radical (unpaired) electrons. The zero-order valence-corrected chi connectivity index (χ0v) is 15.3. The Balaban J connectivity index is 1.64. The van der Waals surface area contributed by atoms with Crippen molar-refractivity contribution in [2.45, 2.75) is 20.4 Å². The molecule has 136 valence electrons. The van der Waals surface area contributed by atoms with Crippen LogP contribution < -0.4 is 19.7 Å². The lowest BCUT2D eigenvalue weighted by molar-refractivity contribution is -0.123. The Hall–Kier alpha value is -2.73. The Kier molecular flexibility index (Phi) is 5.32. The quantitative estimate of drug-likeness (QED) is 0.873. The first kappa shape index (κ1) is 18.1. The van der Waals surface area contributed by atoms with Crippen LogP contribution in [0.1, 0.15) is 18.1 Å². The number of nitrogens with one attached hydrogen (secondary N) is 1. The summed E-state index contributed by atoms with van der Waals surface area (Å²) in [4.78, 5) is 25.8. The molecule has 1 aliphatic heterocycles. The van der Waals surface area contributed by atoms with Crippen molar-refractivity contribution in [3.8, 4) is 11.5 Å². The standard InChI is InChI=1S/C19H19ClN2O4/c1-12-7-15(20)4-5-16(12)22(13(2)23)10-19(24)21-9-14-3-6-17-18(8-14)26-11-25-17/h3-8H,9-11H2,1-2H3,(H,21,24). The van der Waals surface area contributed by atoms with E-state index in [1.54, 1.807) is 18.2 Å². The SMILES string of the molecule is CC(=O)N(CC(=O)NCc1ccc2c(c1)OCO2)c1ccc(Cl)cc1C. The number of amides is 2. The summed E-state index contributed by atoms with van der Waals surface area (Å²) in [6.45, 7) is 3.75. The van der Waals surface area contributed by atoms with Gasteiger partial charge < -0.3 is 19.7 Å². The predicted molar refractivity (Wildman–Crippen MR) is 98.6 cm³/mol. The van der Waals surface area contributed by atoms with Crippen LogP contribution >= 0.6 is 11.6 Å². The highest BCUT2D eigenvalue weighted by molar-refractivity contribution is 6.30. The molecule has 2 aromatic rings. The fourth-order valence-corrected chi connectivity index (χ4v) is 2.97. The lowest BCUT2D eigenvalue weighted by Gasteiger charge is -2.22. The highest BCUT2D eigenvalue weighted by atomic mass is 35.5. The average molecular weight is 375 g/mol. The number of hydrogen-bond donors (Lipinski definition) is 1. The lowest BCUT2D eigenvalue weighted by atomic mass is 10.1. The Morgan fingerprint density at radius 2 is 1.92 bits per heavy atom. The third-order valence-electron chi connectivity index (χ3n) is 4.06. The van der Waals surface area contributed by atoms with Gasteiger partial charge in [0.05, 0.1) is 0 Å². The minimum absolute atomic E-state index is 0.0671. The fourth-order valence-electron chi connectivity index (χ4n) is 2.74. The van der Waals surface area contributed by atoms with E-state index in [4.69, 9.17) is 21.1 Å². The van der Waals surface area contributed by atoms with Crippen LogP contribution in [0, 0.1) is 6.92 Å². The van der Waals surface area contributed by atoms with E-state index in [0.717, 1.165) is 11.1 Å². The van der Waals surface area contributed by atoms with Gasteiger partial charge in [-0.2, -0.15) is 0 Å². The monoisotopic (exact) mass is 374 g/mol. The Bertz CT molecular complexity index is 853. The van der Waals surface area contributed by atoms with Gasteiger partial charge in [0, 0.05) is 24.2 Å². The molecule has 3 rings (SSSR count). The van der Waals surface area contributed by atoms with Gasteiger partial charge in [-0.15, -0.1) is 0 Å². The molecule has 0 aliphatic carbocycles. The van der Waals surface area contributed by atoms with E-state index < -0.39 is 0 Å². The fraction of sp³-hybridized carbons (Fsp3) is 0.263. The maximum Gasteiger partial charge on any atom is 0.240 e. The normalized spacial score (nSPS) is 12.0. The number of hydrogen-bond acceptors (Lipinski definition) is 4. The zero-order valence-electron chi connectivity index (χ0n) is 14.5. The first-order chi connectivity index (χ1) is 12.4. The van der Waals surface area contributed by atoms with E-state index >= 15 is 0 Å². The third kappa shape index (κ3) is 4.08. The van der Waals surface area contributed by atoms with Gasteiger partial charge in [-0.3, -0.25) is 9.59 Å². The summed E-state index contributed by atoms with van der Waals surface area (Å²) in [6.07, 6.45) is 0. The van der Waals surface area contributed by atoms with Crippen LogP contribution in [0.15, 0.2) is 36.4 Å². The molecule has 6 nitrogen and oxygen atoms in total. The first-order valence-electron chi connectivity index (χ1n) is 8.13. The van der Waals surface area contributed by atoms with Crippen molar-refractivity contribution < 1.29 is 19.1 Å². The Morgan fingerprint density at radius 3 is 2.65 bits per heavy atom. The number of aryl methyl sites for hydroxylation is 1. The third-order valence-corrected chi connectivity index (χ3v) is 4.29. The summed E-state index contributed by atoms with van der Waals surface area (Å²) in [5, 5.41) is 3.41. The minimum atomic E-state index is -0.257. The summed E-state index contributed by atoms with van der Waals surface area (Å²) in [7, 11) is 0. The van der Waals surface area contributed by atoms with Gasteiger partial charge in [0.15, 0.2) is 11.5 Å². The van der Waals surface area contributed by atoms with Gasteiger partial charge in [-0.05, 0) is 48.4 Å². The van der Waals surface area contributed by atoms with E-state index in [0.29, 0.717) is 28.8 Å². The van der Waals surface area contributed by atoms with Crippen molar-refractivity contribution in [3.63, 3.8) is 0 Å². The average Bonchev–Trinajstić information content (AvgIpc) is 3.06. The van der Waals surface area contributed by atoms with Crippen LogP contribution in [-0.2, 0) is 16.1 Å². The van der Waals surface area contributed by atoms with Crippen LogP contribution in [-0.4, -0.2) is 25.2 Å². The van der Waals surface area contributed by atoms with E-state index in [-0.39, 0.29) is 25.2 Å². The summed E-state index contributed by atoms with van der Waals surface area (Å²) in [6, 6.07) is 10.7. The number of fused-ring (bicyclic) bond motifs is 1. The number of ether oxygens (including phenoxy) is 2. The molecule has 2 aromatic carbocycles. The smallest absolute Gasteiger partial charge is 0.240 e. The number of rotatable bonds is 5. The molecule has 0 saturated carbocycles. The molecule has 0 aromatic heterocycles. The summed E-state index contributed by atoms with van der Waals surface area (Å²) in [5.74, 6) is 0.890. The van der Waals surface area contributed by atoms with Crippen molar-refractivity contribution in [3.05, 3.63) is 52.5 Å². The van der Waals surface area contributed by atoms with Gasteiger partial charge >= 0.3 is 0 Å². The van der Waals surface area contributed by atoms with Crippen molar-refractivity contribution in [1.29, 1.82) is 0 Å². The van der Waals surface area contributed by atoms with Crippen molar-refractivity contribution in [2.75, 3.05) is 18.2 Å². The Morgan fingerprint density at radius 1 is 1.15 bits per heavy atom. The van der Waals surface area contributed by atoms with Crippen molar-refractivity contribution >= 4 is 29.1 Å². The minimum Gasteiger partial charge on any atom is -0.454 e. The van der Waals surface area contributed by atoms with E-state index in [1.165, 1.54) is 11.8 Å². The molecule has 0 bridgehead atoms. The van der Waals surface area contributed by atoms with Gasteiger partial charge in [0.1, 0.15) is 6.54 Å². The molecule has 0 atom stereocenters. The molecule has 1 heterocycles. The van der Waals surface area contributed by atoms with Crippen LogP contribution in [0.4, 0.5) is 5.69 Å². The molecule has 7 heteroatoms. The van der Waals surface area contributed by atoms with Gasteiger partial charge in [-0.1, -0.05) is 17.7 Å². The maximum atomic E-state index is 12.3. The molecule has 0 fully saturated rings. The number of halogens is 1. The van der Waals surface area contributed by atoms with Crippen molar-refractivity contribution in [2.24, 2.45) is 0 Å². The molecule has 0 spiro atoms. The van der Waals surface area contributed by atoms with Crippen molar-refractivity contribution in [1.82, 2.24) is 5.32 Å². The van der Waals surface area contributed by atoms with Crippen LogP contribution in [0.25, 0.3) is 0 Å². The topological polar surface area (TPSA) is 67.9 Å². The van der Waals surface area contributed by atoms with Gasteiger partial charge in [0.2, 0.25) is 18.6 Å². The zero-order chi connectivity index (χ0) is 18.7. The summed E-state index contributed by atoms with van der Waals surface area (Å²) < 4.78 is 10.6. The number of carbonyl (C=O) groups excluding carboxylic acids is 2. The van der Waals surface area contributed by atoms with E-state index in [1.807, 2.05) is 25.1 Å². The molecule has 2 amide bonds. The van der Waals surface area contributed by atoms with E-state index in [2.05, 4.69) is 5.32 Å². The molecule has 26 heavy (non-hydrogen) atoms. The first-order valence-corrected chi connectivity index (χ1v) is 8.51. The molecule has 0 saturated heterocycles. The molecular weight excluding hydrogens is 356 g/mol. The second-order valence-corrected chi connectivity index (χ2v) is 6.44. The molecule has 0 unspecified atom stereocenters. The van der Waals surface area contributed by atoms with Crippen LogP contribution in [0.3, 0.4) is 0 Å². The Labute approximate surface area is 156 Å².